The molecule has 1 heterocycles. The molecule has 2 aliphatic rings. The molecule has 0 spiro atoms. The zero-order valence-corrected chi connectivity index (χ0v) is 13.4. The number of carboxylic acids is 1. The summed E-state index contributed by atoms with van der Waals surface area (Å²) in [6, 6.07) is 3.57. The molecule has 0 unspecified atom stereocenters. The summed E-state index contributed by atoms with van der Waals surface area (Å²) in [7, 11) is 0. The molecule has 0 saturated heterocycles. The Hall–Kier alpha value is -1.76. The van der Waals surface area contributed by atoms with Gasteiger partial charge < -0.3 is 19.9 Å². The number of carbonyl (C=O) groups excluding carboxylic acids is 1. The summed E-state index contributed by atoms with van der Waals surface area (Å²) in [5.41, 5.74) is 0.0293. The quantitative estimate of drug-likeness (QED) is 0.825. The minimum atomic E-state index is -0.840. The number of nitrogens with one attached hydrogen (secondary N) is 1. The maximum absolute atomic E-state index is 12.0. The Morgan fingerprint density at radius 1 is 1.23 bits per heavy atom. The predicted molar refractivity (Wildman–Crippen MR) is 81.1 cm³/mol. The summed E-state index contributed by atoms with van der Waals surface area (Å²) in [5.74, 6) is 0.241. The van der Waals surface area contributed by atoms with Gasteiger partial charge in [-0.3, -0.25) is 9.59 Å². The van der Waals surface area contributed by atoms with Gasteiger partial charge in [-0.2, -0.15) is 0 Å². The SMILES string of the molecule is O=C(Cc1cc2c(cc1Br)OCCO2)NCC1(C(=O)O)CC1. The molecule has 0 aromatic heterocycles. The van der Waals surface area contributed by atoms with E-state index in [1.165, 1.54) is 0 Å². The lowest BCUT2D eigenvalue weighted by atomic mass is 10.1. The Morgan fingerprint density at radius 2 is 1.86 bits per heavy atom. The third kappa shape index (κ3) is 3.04. The van der Waals surface area contributed by atoms with Crippen molar-refractivity contribution in [3.8, 4) is 11.5 Å². The minimum Gasteiger partial charge on any atom is -0.486 e. The molecule has 6 nitrogen and oxygen atoms in total. The van der Waals surface area contributed by atoms with Gasteiger partial charge in [0.25, 0.3) is 0 Å². The van der Waals surface area contributed by atoms with E-state index < -0.39 is 11.4 Å². The van der Waals surface area contributed by atoms with Crippen LogP contribution in [0.4, 0.5) is 0 Å². The first kappa shape index (κ1) is 15.1. The molecule has 1 fully saturated rings. The average molecular weight is 370 g/mol. The molecule has 3 rings (SSSR count). The number of aliphatic carboxylic acids is 1. The minimum absolute atomic E-state index is 0.160. The molecule has 1 amide bonds. The van der Waals surface area contributed by atoms with Gasteiger partial charge in [-0.05, 0) is 30.5 Å². The summed E-state index contributed by atoms with van der Waals surface area (Å²) in [4.78, 5) is 23.1. The van der Waals surface area contributed by atoms with Crippen molar-refractivity contribution in [2.75, 3.05) is 19.8 Å². The highest BCUT2D eigenvalue weighted by Gasteiger charge is 2.50. The maximum atomic E-state index is 12.0. The molecule has 1 saturated carbocycles. The number of benzene rings is 1. The molecule has 0 atom stereocenters. The third-order valence-electron chi connectivity index (χ3n) is 3.99. The Kier molecular flexibility index (Phi) is 3.99. The van der Waals surface area contributed by atoms with Crippen LogP contribution in [0.15, 0.2) is 16.6 Å². The lowest BCUT2D eigenvalue weighted by Crippen LogP contribution is -2.35. The summed E-state index contributed by atoms with van der Waals surface area (Å²) < 4.78 is 11.7. The summed E-state index contributed by atoms with van der Waals surface area (Å²) in [5, 5.41) is 11.8. The smallest absolute Gasteiger partial charge is 0.311 e. The summed E-state index contributed by atoms with van der Waals surface area (Å²) in [6.07, 6.45) is 1.40. The zero-order chi connectivity index (χ0) is 15.7. The molecule has 22 heavy (non-hydrogen) atoms. The van der Waals surface area contributed by atoms with Crippen molar-refractivity contribution in [2.45, 2.75) is 19.3 Å². The second kappa shape index (κ2) is 5.79. The fraction of sp³-hybridized carbons (Fsp3) is 0.467. The standard InChI is InChI=1S/C15H16BrNO5/c16-10-7-12-11(21-3-4-22-12)5-9(10)6-13(18)17-8-15(1-2-15)14(19)20/h5,7H,1-4,6,8H2,(H,17,18)(H,19,20). The van der Waals surface area contributed by atoms with Crippen molar-refractivity contribution in [1.29, 1.82) is 0 Å². The third-order valence-corrected chi connectivity index (χ3v) is 4.73. The van der Waals surface area contributed by atoms with Crippen molar-refractivity contribution in [3.05, 3.63) is 22.2 Å². The highest BCUT2D eigenvalue weighted by Crippen LogP contribution is 2.45. The topological polar surface area (TPSA) is 84.9 Å². The van der Waals surface area contributed by atoms with Crippen LogP contribution < -0.4 is 14.8 Å². The molecule has 118 valence electrons. The Bertz CT molecular complexity index is 627. The van der Waals surface area contributed by atoms with Gasteiger partial charge in [-0.1, -0.05) is 15.9 Å². The fourth-order valence-electron chi connectivity index (χ4n) is 2.36. The van der Waals surface area contributed by atoms with E-state index >= 15 is 0 Å². The number of halogens is 1. The van der Waals surface area contributed by atoms with Gasteiger partial charge in [0.1, 0.15) is 13.2 Å². The van der Waals surface area contributed by atoms with Gasteiger partial charge >= 0.3 is 5.97 Å². The van der Waals surface area contributed by atoms with E-state index in [0.29, 0.717) is 37.6 Å². The van der Waals surface area contributed by atoms with Gasteiger partial charge in [-0.15, -0.1) is 0 Å². The molecule has 0 bridgehead atoms. The molecule has 2 N–H and O–H groups in total. The summed E-state index contributed by atoms with van der Waals surface area (Å²) >= 11 is 3.42. The molecule has 7 heteroatoms. The van der Waals surface area contributed by atoms with E-state index in [-0.39, 0.29) is 18.9 Å². The first-order chi connectivity index (χ1) is 10.5. The molecule has 1 aliphatic heterocycles. The molecular formula is C15H16BrNO5. The van der Waals surface area contributed by atoms with Crippen LogP contribution in [0.25, 0.3) is 0 Å². The van der Waals surface area contributed by atoms with Crippen molar-refractivity contribution >= 4 is 27.8 Å². The van der Waals surface area contributed by atoms with Crippen molar-refractivity contribution in [1.82, 2.24) is 5.32 Å². The lowest BCUT2D eigenvalue weighted by molar-refractivity contribution is -0.143. The number of rotatable bonds is 5. The highest BCUT2D eigenvalue weighted by molar-refractivity contribution is 9.10. The van der Waals surface area contributed by atoms with Crippen LogP contribution in [0.5, 0.6) is 11.5 Å². The largest absolute Gasteiger partial charge is 0.486 e. The van der Waals surface area contributed by atoms with E-state index in [1.54, 1.807) is 12.1 Å². The van der Waals surface area contributed by atoms with E-state index in [9.17, 15) is 9.59 Å². The fourth-order valence-corrected chi connectivity index (χ4v) is 2.82. The number of ether oxygens (including phenoxy) is 2. The molecule has 0 radical (unpaired) electrons. The average Bonchev–Trinajstić information content (AvgIpc) is 3.27. The second-order valence-corrected chi connectivity index (χ2v) is 6.48. The van der Waals surface area contributed by atoms with Crippen molar-refractivity contribution in [2.24, 2.45) is 5.41 Å². The second-order valence-electron chi connectivity index (χ2n) is 5.63. The first-order valence-electron chi connectivity index (χ1n) is 7.08. The number of hydrogen-bond acceptors (Lipinski definition) is 4. The van der Waals surface area contributed by atoms with E-state index in [0.717, 1.165) is 10.0 Å². The predicted octanol–water partition coefficient (Wildman–Crippen LogP) is 1.74. The lowest BCUT2D eigenvalue weighted by Gasteiger charge is -2.20. The Labute approximate surface area is 135 Å². The van der Waals surface area contributed by atoms with Crippen LogP contribution in [0.1, 0.15) is 18.4 Å². The molecule has 1 aromatic carbocycles. The van der Waals surface area contributed by atoms with Crippen LogP contribution in [0.2, 0.25) is 0 Å². The Morgan fingerprint density at radius 3 is 2.45 bits per heavy atom. The van der Waals surface area contributed by atoms with E-state index in [2.05, 4.69) is 21.2 Å². The van der Waals surface area contributed by atoms with Gasteiger partial charge in [-0.25, -0.2) is 0 Å². The van der Waals surface area contributed by atoms with Gasteiger partial charge in [0.15, 0.2) is 11.5 Å². The van der Waals surface area contributed by atoms with Crippen LogP contribution in [-0.2, 0) is 16.0 Å². The van der Waals surface area contributed by atoms with Gasteiger partial charge in [0, 0.05) is 11.0 Å². The van der Waals surface area contributed by atoms with Crippen molar-refractivity contribution < 1.29 is 24.2 Å². The molecule has 1 aromatic rings. The van der Waals surface area contributed by atoms with E-state index in [4.69, 9.17) is 14.6 Å². The highest BCUT2D eigenvalue weighted by atomic mass is 79.9. The number of amides is 1. The number of hydrogen-bond donors (Lipinski definition) is 2. The van der Waals surface area contributed by atoms with Crippen LogP contribution in [0.3, 0.4) is 0 Å². The maximum Gasteiger partial charge on any atom is 0.311 e. The normalized spacial score (nSPS) is 17.7. The Balaban J connectivity index is 1.63. The van der Waals surface area contributed by atoms with Gasteiger partial charge in [0.05, 0.1) is 11.8 Å². The zero-order valence-electron chi connectivity index (χ0n) is 11.9. The number of carbonyl (C=O) groups is 2. The first-order valence-corrected chi connectivity index (χ1v) is 7.88. The van der Waals surface area contributed by atoms with Crippen LogP contribution in [0, 0.1) is 5.41 Å². The van der Waals surface area contributed by atoms with Gasteiger partial charge in [0.2, 0.25) is 5.91 Å². The van der Waals surface area contributed by atoms with E-state index in [1.807, 2.05) is 0 Å². The molecule has 1 aliphatic carbocycles. The monoisotopic (exact) mass is 369 g/mol. The summed E-state index contributed by atoms with van der Waals surface area (Å²) in [6.45, 7) is 1.18. The van der Waals surface area contributed by atoms with Crippen LogP contribution in [-0.4, -0.2) is 36.7 Å². The van der Waals surface area contributed by atoms with Crippen LogP contribution >= 0.6 is 15.9 Å². The van der Waals surface area contributed by atoms with Crippen molar-refractivity contribution in [3.63, 3.8) is 0 Å². The number of fused-ring (bicyclic) bond motifs is 1. The molecular weight excluding hydrogens is 354 g/mol. The number of carboxylic acid groups (broad SMARTS) is 1.